The van der Waals surface area contributed by atoms with Gasteiger partial charge >= 0.3 is 0 Å². The smallest absolute Gasteiger partial charge is 0.142 e. The van der Waals surface area contributed by atoms with Crippen molar-refractivity contribution in [3.05, 3.63) is 36.2 Å². The van der Waals surface area contributed by atoms with Gasteiger partial charge in [-0.15, -0.1) is 0 Å². The molecule has 2 heterocycles. The molecule has 1 N–H and O–H groups in total. The molecule has 0 atom stereocenters. The number of hydrogen-bond donors (Lipinski definition) is 1. The Labute approximate surface area is 105 Å². The SMILES string of the molecule is CCCc1c(NC)ncnc1-c1cncc(F)c1. The minimum absolute atomic E-state index is 0.362. The van der Waals surface area contributed by atoms with Gasteiger partial charge in [0.25, 0.3) is 0 Å². The third-order valence-electron chi connectivity index (χ3n) is 2.66. The third kappa shape index (κ3) is 2.45. The van der Waals surface area contributed by atoms with Gasteiger partial charge in [-0.3, -0.25) is 4.98 Å². The Balaban J connectivity index is 2.55. The van der Waals surface area contributed by atoms with Crippen molar-refractivity contribution >= 4 is 5.82 Å². The van der Waals surface area contributed by atoms with Gasteiger partial charge in [0.2, 0.25) is 0 Å². The maximum Gasteiger partial charge on any atom is 0.142 e. The van der Waals surface area contributed by atoms with Crippen LogP contribution in [0, 0.1) is 5.82 Å². The minimum atomic E-state index is -0.362. The first kappa shape index (κ1) is 12.4. The minimum Gasteiger partial charge on any atom is -0.373 e. The van der Waals surface area contributed by atoms with E-state index >= 15 is 0 Å². The van der Waals surface area contributed by atoms with E-state index in [0.717, 1.165) is 29.9 Å². The summed E-state index contributed by atoms with van der Waals surface area (Å²) in [5.41, 5.74) is 2.41. The number of pyridine rings is 1. The molecule has 2 aromatic heterocycles. The molecule has 0 saturated heterocycles. The average Bonchev–Trinajstić information content (AvgIpc) is 2.39. The highest BCUT2D eigenvalue weighted by Crippen LogP contribution is 2.26. The molecule has 0 aliphatic heterocycles. The summed E-state index contributed by atoms with van der Waals surface area (Å²) in [5, 5.41) is 3.04. The summed E-state index contributed by atoms with van der Waals surface area (Å²) in [5.74, 6) is 0.422. The van der Waals surface area contributed by atoms with Crippen LogP contribution in [0.2, 0.25) is 0 Å². The molecular weight excluding hydrogens is 231 g/mol. The van der Waals surface area contributed by atoms with E-state index in [2.05, 4.69) is 27.2 Å². The first-order chi connectivity index (χ1) is 8.76. The van der Waals surface area contributed by atoms with Crippen molar-refractivity contribution in [1.82, 2.24) is 15.0 Å². The Morgan fingerprint density at radius 2 is 2.11 bits per heavy atom. The molecule has 5 heteroatoms. The van der Waals surface area contributed by atoms with Gasteiger partial charge in [0.15, 0.2) is 0 Å². The zero-order valence-electron chi connectivity index (χ0n) is 10.4. The highest BCUT2D eigenvalue weighted by Gasteiger charge is 2.12. The van der Waals surface area contributed by atoms with Crippen molar-refractivity contribution in [2.45, 2.75) is 19.8 Å². The highest BCUT2D eigenvalue weighted by atomic mass is 19.1. The van der Waals surface area contributed by atoms with Crippen LogP contribution in [0.4, 0.5) is 10.2 Å². The van der Waals surface area contributed by atoms with E-state index < -0.39 is 0 Å². The van der Waals surface area contributed by atoms with Crippen LogP contribution in [0.25, 0.3) is 11.3 Å². The zero-order valence-corrected chi connectivity index (χ0v) is 10.4. The molecule has 2 rings (SSSR count). The molecular formula is C13H15FN4. The van der Waals surface area contributed by atoms with Crippen molar-refractivity contribution in [3.63, 3.8) is 0 Å². The van der Waals surface area contributed by atoms with Crippen LogP contribution in [0.15, 0.2) is 24.8 Å². The molecule has 0 aliphatic carbocycles. The summed E-state index contributed by atoms with van der Waals surface area (Å²) >= 11 is 0. The van der Waals surface area contributed by atoms with Crippen LogP contribution in [-0.2, 0) is 6.42 Å². The Morgan fingerprint density at radius 3 is 2.78 bits per heavy atom. The molecule has 18 heavy (non-hydrogen) atoms. The summed E-state index contributed by atoms with van der Waals surface area (Å²) in [6.45, 7) is 2.08. The molecule has 0 saturated carbocycles. The van der Waals surface area contributed by atoms with E-state index in [0.29, 0.717) is 5.56 Å². The maximum absolute atomic E-state index is 13.2. The normalized spacial score (nSPS) is 10.4. The quantitative estimate of drug-likeness (QED) is 0.901. The molecule has 0 spiro atoms. The largest absolute Gasteiger partial charge is 0.373 e. The number of aromatic nitrogens is 3. The maximum atomic E-state index is 13.2. The monoisotopic (exact) mass is 246 g/mol. The Hall–Kier alpha value is -2.04. The van der Waals surface area contributed by atoms with E-state index in [1.54, 1.807) is 6.20 Å². The molecule has 0 amide bonds. The summed E-state index contributed by atoms with van der Waals surface area (Å²) < 4.78 is 13.2. The molecule has 0 unspecified atom stereocenters. The lowest BCUT2D eigenvalue weighted by atomic mass is 10.0. The van der Waals surface area contributed by atoms with Crippen LogP contribution in [-0.4, -0.2) is 22.0 Å². The van der Waals surface area contributed by atoms with Gasteiger partial charge < -0.3 is 5.32 Å². The summed E-state index contributed by atoms with van der Waals surface area (Å²) in [4.78, 5) is 12.3. The van der Waals surface area contributed by atoms with E-state index in [-0.39, 0.29) is 5.82 Å². The predicted octanol–water partition coefficient (Wildman–Crippen LogP) is 2.67. The molecule has 2 aromatic rings. The number of rotatable bonds is 4. The van der Waals surface area contributed by atoms with E-state index in [4.69, 9.17) is 0 Å². The predicted molar refractivity (Wildman–Crippen MR) is 68.8 cm³/mol. The van der Waals surface area contributed by atoms with Crippen LogP contribution in [0.5, 0.6) is 0 Å². The first-order valence-corrected chi connectivity index (χ1v) is 5.88. The van der Waals surface area contributed by atoms with Crippen LogP contribution < -0.4 is 5.32 Å². The third-order valence-corrected chi connectivity index (χ3v) is 2.66. The fourth-order valence-corrected chi connectivity index (χ4v) is 1.90. The van der Waals surface area contributed by atoms with Gasteiger partial charge in [0.1, 0.15) is 18.0 Å². The van der Waals surface area contributed by atoms with Crippen LogP contribution in [0.3, 0.4) is 0 Å². The lowest BCUT2D eigenvalue weighted by Gasteiger charge is -2.11. The van der Waals surface area contributed by atoms with E-state index in [1.807, 2.05) is 7.05 Å². The van der Waals surface area contributed by atoms with Crippen LogP contribution in [0.1, 0.15) is 18.9 Å². The topological polar surface area (TPSA) is 50.7 Å². The van der Waals surface area contributed by atoms with Gasteiger partial charge in [-0.05, 0) is 12.5 Å². The standard InChI is InChI=1S/C13H15FN4/c1-3-4-11-12(17-8-18-13(11)15-2)9-5-10(14)7-16-6-9/h5-8H,3-4H2,1-2H3,(H,15,17,18). The van der Waals surface area contributed by atoms with Crippen molar-refractivity contribution in [2.75, 3.05) is 12.4 Å². The molecule has 0 fully saturated rings. The van der Waals surface area contributed by atoms with Crippen molar-refractivity contribution in [1.29, 1.82) is 0 Å². The number of nitrogens with one attached hydrogen (secondary N) is 1. The van der Waals surface area contributed by atoms with Gasteiger partial charge in [-0.25, -0.2) is 14.4 Å². The zero-order chi connectivity index (χ0) is 13.0. The van der Waals surface area contributed by atoms with Crippen molar-refractivity contribution in [3.8, 4) is 11.3 Å². The lowest BCUT2D eigenvalue weighted by Crippen LogP contribution is -2.03. The number of anilines is 1. The Bertz CT molecular complexity index is 542. The second-order valence-electron chi connectivity index (χ2n) is 3.94. The number of nitrogens with zero attached hydrogens (tertiary/aromatic N) is 3. The first-order valence-electron chi connectivity index (χ1n) is 5.88. The van der Waals surface area contributed by atoms with E-state index in [1.165, 1.54) is 18.6 Å². The van der Waals surface area contributed by atoms with Gasteiger partial charge in [-0.2, -0.15) is 0 Å². The molecule has 0 aliphatic rings. The summed E-state index contributed by atoms with van der Waals surface area (Å²) in [6, 6.07) is 1.44. The summed E-state index contributed by atoms with van der Waals surface area (Å²) in [7, 11) is 1.81. The second-order valence-corrected chi connectivity index (χ2v) is 3.94. The molecule has 4 nitrogen and oxygen atoms in total. The Kier molecular flexibility index (Phi) is 3.82. The van der Waals surface area contributed by atoms with E-state index in [9.17, 15) is 4.39 Å². The molecule has 0 aromatic carbocycles. The number of halogens is 1. The molecule has 0 bridgehead atoms. The number of hydrogen-bond acceptors (Lipinski definition) is 4. The molecule has 0 radical (unpaired) electrons. The van der Waals surface area contributed by atoms with Crippen molar-refractivity contribution < 1.29 is 4.39 Å². The van der Waals surface area contributed by atoms with Crippen molar-refractivity contribution in [2.24, 2.45) is 0 Å². The average molecular weight is 246 g/mol. The van der Waals surface area contributed by atoms with Crippen LogP contribution >= 0.6 is 0 Å². The second kappa shape index (κ2) is 5.53. The lowest BCUT2D eigenvalue weighted by molar-refractivity contribution is 0.622. The summed E-state index contributed by atoms with van der Waals surface area (Å²) in [6.07, 6.45) is 6.08. The van der Waals surface area contributed by atoms with Gasteiger partial charge in [0.05, 0.1) is 11.9 Å². The fourth-order valence-electron chi connectivity index (χ4n) is 1.90. The fraction of sp³-hybridized carbons (Fsp3) is 0.308. The molecule has 94 valence electrons. The van der Waals surface area contributed by atoms with Gasteiger partial charge in [0, 0.05) is 24.4 Å². The van der Waals surface area contributed by atoms with Gasteiger partial charge in [-0.1, -0.05) is 13.3 Å². The Morgan fingerprint density at radius 1 is 1.28 bits per heavy atom. The highest BCUT2D eigenvalue weighted by molar-refractivity contribution is 5.67.